The monoisotopic (exact) mass is 337 g/mol. The number of piperidine rings is 1. The maximum Gasteiger partial charge on any atom is 0.123 e. The Labute approximate surface area is 147 Å². The first-order chi connectivity index (χ1) is 12.3. The number of imidazole rings is 1. The number of hydrogen-bond donors (Lipinski definition) is 2. The molecule has 2 N–H and O–H groups in total. The normalized spacial score (nSPS) is 18.4. The standard InChI is InChI=1S/C19H23N5O/c1-25-16-7-5-14(6-8-16)18-15(12-22-23-18)13-24-11-3-2-4-17(24)19-20-9-10-21-19/h5-10,12,17H,2-4,11,13H2,1H3,(H,20,21)(H,22,23)/t17-/m0/s1. The Morgan fingerprint density at radius 2 is 2.12 bits per heavy atom. The van der Waals surface area contributed by atoms with Gasteiger partial charge in [-0.3, -0.25) is 10.00 Å². The van der Waals surface area contributed by atoms with Crippen molar-refractivity contribution in [2.45, 2.75) is 31.8 Å². The van der Waals surface area contributed by atoms with Crippen molar-refractivity contribution in [1.82, 2.24) is 25.1 Å². The highest BCUT2D eigenvalue weighted by atomic mass is 16.5. The Morgan fingerprint density at radius 1 is 1.24 bits per heavy atom. The molecule has 6 heteroatoms. The molecule has 4 rings (SSSR count). The highest BCUT2D eigenvalue weighted by Gasteiger charge is 2.26. The third kappa shape index (κ3) is 3.30. The maximum absolute atomic E-state index is 5.25. The summed E-state index contributed by atoms with van der Waals surface area (Å²) in [6.07, 6.45) is 9.30. The SMILES string of the molecule is COc1ccc(-c2[nH]ncc2CN2CCCC[C@H]2c2ncc[nH]2)cc1. The van der Waals surface area contributed by atoms with Crippen LogP contribution >= 0.6 is 0 Å². The van der Waals surface area contributed by atoms with Crippen LogP contribution in [0.4, 0.5) is 0 Å². The van der Waals surface area contributed by atoms with E-state index in [1.807, 2.05) is 30.7 Å². The number of methoxy groups -OCH3 is 1. The second-order valence-electron chi connectivity index (χ2n) is 6.46. The Kier molecular flexibility index (Phi) is 4.52. The van der Waals surface area contributed by atoms with Crippen molar-refractivity contribution in [2.75, 3.05) is 13.7 Å². The average Bonchev–Trinajstić information content (AvgIpc) is 3.34. The lowest BCUT2D eigenvalue weighted by molar-refractivity contribution is 0.134. The number of aromatic amines is 2. The zero-order chi connectivity index (χ0) is 17.1. The van der Waals surface area contributed by atoms with Crippen LogP contribution in [0.15, 0.2) is 42.9 Å². The fourth-order valence-electron chi connectivity index (χ4n) is 3.61. The fraction of sp³-hybridized carbons (Fsp3) is 0.368. The molecule has 0 radical (unpaired) electrons. The number of H-pyrrole nitrogens is 2. The number of nitrogens with zero attached hydrogens (tertiary/aromatic N) is 3. The molecule has 1 aliphatic heterocycles. The lowest BCUT2D eigenvalue weighted by Crippen LogP contribution is -2.33. The molecule has 130 valence electrons. The van der Waals surface area contributed by atoms with Gasteiger partial charge in [-0.15, -0.1) is 0 Å². The molecule has 0 bridgehead atoms. The van der Waals surface area contributed by atoms with E-state index in [2.05, 4.69) is 37.2 Å². The lowest BCUT2D eigenvalue weighted by atomic mass is 10.00. The molecule has 1 saturated heterocycles. The molecule has 3 aromatic rings. The van der Waals surface area contributed by atoms with E-state index < -0.39 is 0 Å². The third-order valence-electron chi connectivity index (χ3n) is 4.92. The van der Waals surface area contributed by atoms with Crippen LogP contribution in [-0.2, 0) is 6.54 Å². The first-order valence-corrected chi connectivity index (χ1v) is 8.75. The highest BCUT2D eigenvalue weighted by molar-refractivity contribution is 5.63. The zero-order valence-corrected chi connectivity index (χ0v) is 14.4. The van der Waals surface area contributed by atoms with Gasteiger partial charge in [0, 0.05) is 30.1 Å². The number of nitrogens with one attached hydrogen (secondary N) is 2. The number of hydrogen-bond acceptors (Lipinski definition) is 4. The summed E-state index contributed by atoms with van der Waals surface area (Å²) >= 11 is 0. The van der Waals surface area contributed by atoms with Crippen molar-refractivity contribution < 1.29 is 4.74 Å². The third-order valence-corrected chi connectivity index (χ3v) is 4.92. The van der Waals surface area contributed by atoms with Crippen molar-refractivity contribution in [1.29, 1.82) is 0 Å². The summed E-state index contributed by atoms with van der Waals surface area (Å²) < 4.78 is 5.25. The van der Waals surface area contributed by atoms with E-state index in [1.54, 1.807) is 7.11 Å². The molecular formula is C19H23N5O. The van der Waals surface area contributed by atoms with Gasteiger partial charge in [0.1, 0.15) is 11.6 Å². The summed E-state index contributed by atoms with van der Waals surface area (Å²) in [5, 5.41) is 7.45. The molecule has 1 fully saturated rings. The van der Waals surface area contributed by atoms with Gasteiger partial charge in [-0.05, 0) is 43.7 Å². The Morgan fingerprint density at radius 3 is 2.88 bits per heavy atom. The van der Waals surface area contributed by atoms with Gasteiger partial charge in [-0.25, -0.2) is 4.98 Å². The molecule has 0 unspecified atom stereocenters. The summed E-state index contributed by atoms with van der Waals surface area (Å²) in [4.78, 5) is 10.3. The summed E-state index contributed by atoms with van der Waals surface area (Å²) in [5.41, 5.74) is 3.41. The van der Waals surface area contributed by atoms with Crippen molar-refractivity contribution >= 4 is 0 Å². The maximum atomic E-state index is 5.25. The minimum Gasteiger partial charge on any atom is -0.497 e. The van der Waals surface area contributed by atoms with Crippen LogP contribution in [0.25, 0.3) is 11.3 Å². The van der Waals surface area contributed by atoms with Crippen molar-refractivity contribution in [3.8, 4) is 17.0 Å². The second kappa shape index (κ2) is 7.11. The van der Waals surface area contributed by atoms with Crippen LogP contribution in [0.3, 0.4) is 0 Å². The van der Waals surface area contributed by atoms with Gasteiger partial charge >= 0.3 is 0 Å². The molecule has 1 aliphatic rings. The van der Waals surface area contributed by atoms with E-state index in [0.717, 1.165) is 42.3 Å². The minimum absolute atomic E-state index is 0.349. The van der Waals surface area contributed by atoms with E-state index in [9.17, 15) is 0 Å². The molecule has 0 spiro atoms. The van der Waals surface area contributed by atoms with Gasteiger partial charge in [-0.1, -0.05) is 6.42 Å². The van der Waals surface area contributed by atoms with E-state index in [1.165, 1.54) is 18.4 Å². The van der Waals surface area contributed by atoms with Gasteiger partial charge in [0.2, 0.25) is 0 Å². The van der Waals surface area contributed by atoms with Gasteiger partial charge in [0.25, 0.3) is 0 Å². The number of likely N-dealkylation sites (tertiary alicyclic amines) is 1. The van der Waals surface area contributed by atoms with Crippen LogP contribution < -0.4 is 4.74 Å². The lowest BCUT2D eigenvalue weighted by Gasteiger charge is -2.34. The molecule has 0 amide bonds. The summed E-state index contributed by atoms with van der Waals surface area (Å²) in [5.74, 6) is 1.92. The number of rotatable bonds is 5. The smallest absolute Gasteiger partial charge is 0.123 e. The van der Waals surface area contributed by atoms with Crippen LogP contribution in [0.2, 0.25) is 0 Å². The minimum atomic E-state index is 0.349. The van der Waals surface area contributed by atoms with E-state index in [4.69, 9.17) is 4.74 Å². The van der Waals surface area contributed by atoms with Crippen LogP contribution in [0, 0.1) is 0 Å². The molecule has 0 aliphatic carbocycles. The number of ether oxygens (including phenoxy) is 1. The quantitative estimate of drug-likeness (QED) is 0.747. The molecule has 0 saturated carbocycles. The first kappa shape index (κ1) is 15.9. The van der Waals surface area contributed by atoms with Crippen molar-refractivity contribution in [2.24, 2.45) is 0 Å². The average molecular weight is 337 g/mol. The predicted octanol–water partition coefficient (Wildman–Crippen LogP) is 3.54. The Balaban J connectivity index is 1.57. The van der Waals surface area contributed by atoms with Crippen LogP contribution in [-0.4, -0.2) is 38.7 Å². The summed E-state index contributed by atoms with van der Waals surface area (Å²) in [7, 11) is 1.68. The topological polar surface area (TPSA) is 69.8 Å². The van der Waals surface area contributed by atoms with Gasteiger partial charge in [0.05, 0.1) is 25.0 Å². The van der Waals surface area contributed by atoms with E-state index in [-0.39, 0.29) is 0 Å². The zero-order valence-electron chi connectivity index (χ0n) is 14.4. The number of aromatic nitrogens is 4. The molecule has 2 aromatic heterocycles. The van der Waals surface area contributed by atoms with Gasteiger partial charge in [0.15, 0.2) is 0 Å². The van der Waals surface area contributed by atoms with Crippen molar-refractivity contribution in [3.63, 3.8) is 0 Å². The van der Waals surface area contributed by atoms with E-state index >= 15 is 0 Å². The number of benzene rings is 1. The first-order valence-electron chi connectivity index (χ1n) is 8.75. The fourth-order valence-corrected chi connectivity index (χ4v) is 3.61. The molecule has 1 atom stereocenters. The van der Waals surface area contributed by atoms with Crippen LogP contribution in [0.5, 0.6) is 5.75 Å². The molecule has 1 aromatic carbocycles. The van der Waals surface area contributed by atoms with Gasteiger partial charge in [-0.2, -0.15) is 5.10 Å². The van der Waals surface area contributed by atoms with Gasteiger partial charge < -0.3 is 9.72 Å². The molecule has 6 nitrogen and oxygen atoms in total. The largest absolute Gasteiger partial charge is 0.497 e. The molecule has 3 heterocycles. The van der Waals surface area contributed by atoms with Crippen molar-refractivity contribution in [3.05, 3.63) is 54.2 Å². The molecule has 25 heavy (non-hydrogen) atoms. The van der Waals surface area contributed by atoms with Crippen LogP contribution in [0.1, 0.15) is 36.7 Å². The second-order valence-corrected chi connectivity index (χ2v) is 6.46. The highest BCUT2D eigenvalue weighted by Crippen LogP contribution is 2.32. The Hall–Kier alpha value is -2.60. The summed E-state index contributed by atoms with van der Waals surface area (Å²) in [6.45, 7) is 1.95. The predicted molar refractivity (Wildman–Crippen MR) is 96.2 cm³/mol. The Bertz CT molecular complexity index is 794. The molecular weight excluding hydrogens is 314 g/mol. The van der Waals surface area contributed by atoms with E-state index in [0.29, 0.717) is 6.04 Å². The summed E-state index contributed by atoms with van der Waals surface area (Å²) in [6, 6.07) is 8.44.